The fraction of sp³-hybridized carbons (Fsp3) is 0.516. The topological polar surface area (TPSA) is 208 Å². The second-order valence-electron chi connectivity index (χ2n) is 23.8. The maximum Gasteiger partial charge on any atom is 0.325 e. The first kappa shape index (κ1) is 56.4. The van der Waals surface area contributed by atoms with Gasteiger partial charge in [0.1, 0.15) is 36.1 Å². The number of hydrogen-bond acceptors (Lipinski definition) is 13. The molecule has 1 aliphatic carbocycles. The molecule has 0 radical (unpaired) electrons. The number of phenols is 1. The monoisotopic (exact) mass is 1090 g/mol. The van der Waals surface area contributed by atoms with Gasteiger partial charge in [-0.2, -0.15) is 0 Å². The lowest BCUT2D eigenvalue weighted by atomic mass is 9.84. The average Bonchev–Trinajstić information content (AvgIpc) is 3.97. The molecule has 5 aromatic rings. The van der Waals surface area contributed by atoms with Crippen LogP contribution in [0.25, 0.3) is 33.3 Å². The zero-order valence-electron chi connectivity index (χ0n) is 47.6. The smallest absolute Gasteiger partial charge is 0.325 e. The summed E-state index contributed by atoms with van der Waals surface area (Å²) >= 11 is 0. The van der Waals surface area contributed by atoms with E-state index in [1.165, 1.54) is 16.8 Å². The number of nitrogens with zero attached hydrogens (tertiary/aromatic N) is 6. The summed E-state index contributed by atoms with van der Waals surface area (Å²) in [4.78, 5) is 82.1. The van der Waals surface area contributed by atoms with Crippen LogP contribution < -0.4 is 15.6 Å². The van der Waals surface area contributed by atoms with E-state index in [-0.39, 0.29) is 54.3 Å². The van der Waals surface area contributed by atoms with Crippen LogP contribution in [0.3, 0.4) is 0 Å². The summed E-state index contributed by atoms with van der Waals surface area (Å²) in [5.41, 5.74) is 11.1. The number of piperazine rings is 1. The number of hydrogen-bond donors (Lipinski definition) is 4. The Morgan fingerprint density at radius 1 is 0.975 bits per heavy atom. The van der Waals surface area contributed by atoms with Crippen molar-refractivity contribution in [3.05, 3.63) is 101 Å². The summed E-state index contributed by atoms with van der Waals surface area (Å²) in [5, 5.41) is 27.1. The highest BCUT2D eigenvalue weighted by Gasteiger charge is 2.53. The Morgan fingerprint density at radius 2 is 1.73 bits per heavy atom. The first-order valence-electron chi connectivity index (χ1n) is 28.5. The molecule has 0 spiro atoms. The fourth-order valence-corrected chi connectivity index (χ4v) is 12.8. The quantitative estimate of drug-likeness (QED) is 0.100. The van der Waals surface area contributed by atoms with Crippen molar-refractivity contribution in [2.24, 2.45) is 23.2 Å². The molecule has 3 aromatic carbocycles. The number of pyridine rings is 1. The number of aryl methyl sites for hydroxylation is 1. The number of amides is 4. The van der Waals surface area contributed by atoms with E-state index in [9.17, 15) is 29.4 Å². The SMILES string of the molecule is CCn1c(-c2cc(N3CCN(C(=O)[C@@H](C)O)CC3)cnc2[C@H](C)OC)c2c3cc(ccc31)-c1cc(O)cc(c1)C[C@H](NC(=O)[C@H](C(C)C)N(C)C(=O)[C@@H]1OCC[C@@H]1c1ccccc1)C(=O)N1CC3C[C@@H]3[C@H](N1)C(=O)OCC(C)(C)C2. The number of methoxy groups -OCH3 is 1. The molecule has 10 rings (SSSR count). The number of aromatic nitrogens is 2. The Morgan fingerprint density at radius 3 is 2.42 bits per heavy atom. The number of anilines is 1. The predicted molar refractivity (Wildman–Crippen MR) is 303 cm³/mol. The first-order valence-corrected chi connectivity index (χ1v) is 28.5. The molecule has 4 N–H and O–H groups in total. The van der Waals surface area contributed by atoms with Crippen LogP contribution in [0, 0.1) is 23.2 Å². The Kier molecular flexibility index (Phi) is 16.2. The van der Waals surface area contributed by atoms with E-state index in [0.29, 0.717) is 69.8 Å². The number of fused-ring (bicyclic) bond motifs is 8. The van der Waals surface area contributed by atoms with Crippen LogP contribution in [0.2, 0.25) is 0 Å². The number of rotatable bonds is 12. The third-order valence-electron chi connectivity index (χ3n) is 17.2. The van der Waals surface area contributed by atoms with Gasteiger partial charge >= 0.3 is 5.97 Å². The van der Waals surface area contributed by atoms with Gasteiger partial charge in [0, 0.05) is 94.3 Å². The first-order chi connectivity index (χ1) is 38.2. The Hall–Kier alpha value is -6.86. The summed E-state index contributed by atoms with van der Waals surface area (Å²) in [6.07, 6.45) is 1.44. The number of ether oxygens (including phenoxy) is 3. The van der Waals surface area contributed by atoms with Crippen molar-refractivity contribution in [3.8, 4) is 28.1 Å². The van der Waals surface area contributed by atoms with E-state index in [1.807, 2.05) is 69.4 Å². The molecule has 3 saturated heterocycles. The maximum absolute atomic E-state index is 15.1. The molecule has 4 amide bonds. The highest BCUT2D eigenvalue weighted by molar-refractivity contribution is 5.97. The van der Waals surface area contributed by atoms with Crippen LogP contribution in [0.1, 0.15) is 95.7 Å². The van der Waals surface area contributed by atoms with E-state index in [2.05, 4.69) is 59.2 Å². The van der Waals surface area contributed by atoms with Gasteiger partial charge in [0.25, 0.3) is 17.7 Å². The molecule has 6 heterocycles. The molecule has 80 heavy (non-hydrogen) atoms. The average molecular weight is 1100 g/mol. The number of carbonyl (C=O) groups excluding carboxylic acids is 5. The van der Waals surface area contributed by atoms with Gasteiger partial charge < -0.3 is 49.0 Å². The van der Waals surface area contributed by atoms with Gasteiger partial charge in [-0.25, -0.2) is 5.43 Å². The van der Waals surface area contributed by atoms with Gasteiger partial charge in [-0.1, -0.05) is 70.2 Å². The Labute approximate surface area is 468 Å². The molecule has 6 bridgehead atoms. The Bertz CT molecular complexity index is 3150. The number of esters is 1. The van der Waals surface area contributed by atoms with Gasteiger partial charge in [-0.15, -0.1) is 0 Å². The molecular weight excluding hydrogens is 1020 g/mol. The largest absolute Gasteiger partial charge is 0.508 e. The number of aliphatic hydroxyl groups excluding tert-OH is 1. The number of nitrogens with one attached hydrogen (secondary N) is 2. The zero-order chi connectivity index (χ0) is 56.9. The molecule has 4 aliphatic heterocycles. The lowest BCUT2D eigenvalue weighted by molar-refractivity contribution is -0.156. The van der Waals surface area contributed by atoms with Crippen LogP contribution in [0.5, 0.6) is 5.75 Å². The number of aromatic hydroxyl groups is 1. The van der Waals surface area contributed by atoms with Crippen molar-refractivity contribution in [2.45, 2.75) is 123 Å². The van der Waals surface area contributed by atoms with Crippen LogP contribution in [-0.2, 0) is 57.6 Å². The fourth-order valence-electron chi connectivity index (χ4n) is 12.8. The number of carbonyl (C=O) groups is 5. The van der Waals surface area contributed by atoms with Crippen LogP contribution in [0.15, 0.2) is 79.0 Å². The van der Waals surface area contributed by atoms with Gasteiger partial charge in [0.15, 0.2) is 0 Å². The van der Waals surface area contributed by atoms with Gasteiger partial charge in [0.2, 0.25) is 5.91 Å². The molecule has 2 aromatic heterocycles. The van der Waals surface area contributed by atoms with E-state index in [1.54, 1.807) is 31.2 Å². The number of benzene rings is 3. The summed E-state index contributed by atoms with van der Waals surface area (Å²) in [7, 11) is 3.28. The highest BCUT2D eigenvalue weighted by atomic mass is 16.5. The second-order valence-corrected chi connectivity index (χ2v) is 23.8. The van der Waals surface area contributed by atoms with E-state index in [0.717, 1.165) is 56.7 Å². The zero-order valence-corrected chi connectivity index (χ0v) is 47.6. The second kappa shape index (κ2) is 22.9. The lowest BCUT2D eigenvalue weighted by Crippen LogP contribution is -2.63. The molecule has 4 fully saturated rings. The third kappa shape index (κ3) is 11.3. The van der Waals surface area contributed by atoms with Crippen LogP contribution in [-0.4, -0.2) is 155 Å². The lowest BCUT2D eigenvalue weighted by Gasteiger charge is -2.37. The molecule has 5 aliphatic rings. The van der Waals surface area contributed by atoms with Crippen LogP contribution >= 0.6 is 0 Å². The minimum atomic E-state index is -1.18. The summed E-state index contributed by atoms with van der Waals surface area (Å²) in [6.45, 7) is 16.9. The number of aliphatic hydroxyl groups is 1. The Balaban J connectivity index is 1.05. The predicted octanol–water partition coefficient (Wildman–Crippen LogP) is 6.39. The van der Waals surface area contributed by atoms with Crippen LogP contribution in [0.4, 0.5) is 5.69 Å². The van der Waals surface area contributed by atoms with E-state index >= 15 is 4.79 Å². The number of hydrazine groups is 1. The number of cyclic esters (lactones) is 1. The summed E-state index contributed by atoms with van der Waals surface area (Å²) in [5.74, 6) is -2.63. The number of phenolic OH excluding ortho intramolecular Hbond substituents is 1. The van der Waals surface area contributed by atoms with Gasteiger partial charge in [-0.3, -0.25) is 34.0 Å². The minimum absolute atomic E-state index is 0.0224. The van der Waals surface area contributed by atoms with Crippen molar-refractivity contribution in [3.63, 3.8) is 0 Å². The normalized spacial score (nSPS) is 24.2. The molecule has 9 atom stereocenters. The van der Waals surface area contributed by atoms with Crippen molar-refractivity contribution in [1.82, 2.24) is 35.1 Å². The molecule has 1 saturated carbocycles. The van der Waals surface area contributed by atoms with Crippen molar-refractivity contribution < 1.29 is 48.4 Å². The maximum atomic E-state index is 15.1. The molecule has 426 valence electrons. The van der Waals surface area contributed by atoms with Gasteiger partial charge in [0.05, 0.1) is 36.0 Å². The highest BCUT2D eigenvalue weighted by Crippen LogP contribution is 2.46. The van der Waals surface area contributed by atoms with Crippen molar-refractivity contribution >= 4 is 46.2 Å². The summed E-state index contributed by atoms with van der Waals surface area (Å²) in [6, 6.07) is 20.5. The van der Waals surface area contributed by atoms with E-state index < -0.39 is 59.6 Å². The van der Waals surface area contributed by atoms with Crippen molar-refractivity contribution in [1.29, 1.82) is 0 Å². The van der Waals surface area contributed by atoms with Crippen molar-refractivity contribution in [2.75, 3.05) is 65.0 Å². The summed E-state index contributed by atoms with van der Waals surface area (Å²) < 4.78 is 20.7. The molecule has 1 unspecified atom stereocenters. The standard InChI is InChI=1S/C62H78N8O10/c1-10-69-51-17-16-40-28-47(51)49(55(69)48-30-43(32-63-52(48)37(5)78-9)67-19-21-68(22-20-67)58(74)36(4)71)31-62(6,7)34-80-61(77)53-46-29-42(46)33-70(65-53)59(75)50(26-38-24-41(40)27-44(72)25-38)64-57(73)54(35(2)3)66(8)60(76)56-45(18-23-79-56)39-14-12-11-13-15-39/h11-17,24-25,27-28,30,32,35-37,42,45-46,50,53-54,56,65,71-72H,10,18-23,26,29,31,33-34H2,1-9H3,(H,64,73)/t36-,37+,42?,45-,46+,50+,53+,54+,56-/m1/s1. The molecular formula is C62H78N8O10. The minimum Gasteiger partial charge on any atom is -0.508 e. The molecule has 18 heteroatoms. The third-order valence-corrected chi connectivity index (χ3v) is 17.2. The number of likely N-dealkylation sites (N-methyl/N-ethyl adjacent to an activating group) is 1. The van der Waals surface area contributed by atoms with E-state index in [4.69, 9.17) is 19.2 Å². The molecule has 18 nitrogen and oxygen atoms in total. The van der Waals surface area contributed by atoms with Gasteiger partial charge in [-0.05, 0) is 116 Å².